The van der Waals surface area contributed by atoms with Crippen LogP contribution in [0.5, 0.6) is 0 Å². The summed E-state index contributed by atoms with van der Waals surface area (Å²) < 4.78 is 90.0. The fourth-order valence-electron chi connectivity index (χ4n) is 7.74. The van der Waals surface area contributed by atoms with Crippen molar-refractivity contribution in [3.63, 3.8) is 0 Å². The lowest BCUT2D eigenvalue weighted by atomic mass is 9.97. The van der Waals surface area contributed by atoms with E-state index in [-0.39, 0.29) is 91.4 Å². The number of hydrogen-bond acceptors (Lipinski definition) is 25. The van der Waals surface area contributed by atoms with Gasteiger partial charge in [-0.15, -0.1) is 0 Å². The van der Waals surface area contributed by atoms with E-state index >= 15 is 0 Å². The quantitative estimate of drug-likeness (QED) is 0.0230. The van der Waals surface area contributed by atoms with E-state index < -0.39 is 144 Å². The Bertz CT molecular complexity index is 1890. The van der Waals surface area contributed by atoms with E-state index in [0.29, 0.717) is 38.5 Å². The normalized spacial score (nSPS) is 26.3. The summed E-state index contributed by atoms with van der Waals surface area (Å²) in [4.78, 5) is 69.3. The first-order valence-electron chi connectivity index (χ1n) is 27.0. The van der Waals surface area contributed by atoms with Crippen LogP contribution in [-0.2, 0) is 84.3 Å². The molecule has 31 nitrogen and oxygen atoms in total. The molecule has 33 heteroatoms. The molecule has 0 aromatic carbocycles. The van der Waals surface area contributed by atoms with Crippen LogP contribution in [0, 0.1) is 0 Å². The highest BCUT2D eigenvalue weighted by atomic mass is 31.2. The monoisotopic (exact) mass is 1220 g/mol. The Balaban J connectivity index is 1.58. The van der Waals surface area contributed by atoms with Crippen molar-refractivity contribution in [3.05, 3.63) is 0 Å². The molecule has 2 saturated heterocycles. The van der Waals surface area contributed by atoms with E-state index in [1.165, 1.54) is 27.7 Å². The summed E-state index contributed by atoms with van der Waals surface area (Å²) in [5.41, 5.74) is -0.615. The maximum atomic E-state index is 13.0. The third-order valence-electron chi connectivity index (χ3n) is 12.1. The topological polar surface area (TPSA) is 443 Å². The van der Waals surface area contributed by atoms with Gasteiger partial charge in [-0.3, -0.25) is 37.3 Å². The second-order valence-corrected chi connectivity index (χ2v) is 23.1. The van der Waals surface area contributed by atoms with Gasteiger partial charge in [-0.25, -0.2) is 9.13 Å². The number of carbonyl (C=O) groups excluding carboxylic acids is 4. The third kappa shape index (κ3) is 31.5. The molecule has 4 amide bonds. The summed E-state index contributed by atoms with van der Waals surface area (Å²) in [6.45, 7) is 8.68. The predicted molar refractivity (Wildman–Crippen MR) is 281 cm³/mol. The molecule has 10 unspecified atom stereocenters. The van der Waals surface area contributed by atoms with Crippen molar-refractivity contribution >= 4 is 39.3 Å². The average molecular weight is 1220 g/mol. The zero-order valence-electron chi connectivity index (χ0n) is 47.4. The maximum Gasteiger partial charge on any atom is 0.472 e. The minimum Gasteiger partial charge on any atom is -0.394 e. The van der Waals surface area contributed by atoms with Gasteiger partial charge in [0.2, 0.25) is 23.6 Å². The van der Waals surface area contributed by atoms with Crippen LogP contribution < -0.4 is 21.3 Å². The first kappa shape index (κ1) is 74.6. The van der Waals surface area contributed by atoms with Gasteiger partial charge < -0.3 is 105 Å². The summed E-state index contributed by atoms with van der Waals surface area (Å²) in [7, 11) is -9.25. The molecule has 476 valence electrons. The summed E-state index contributed by atoms with van der Waals surface area (Å²) in [6.07, 6.45) is -9.63. The molecule has 2 fully saturated rings. The van der Waals surface area contributed by atoms with Crippen LogP contribution in [0.2, 0.25) is 0 Å². The highest BCUT2D eigenvalue weighted by Gasteiger charge is 2.46. The lowest BCUT2D eigenvalue weighted by molar-refractivity contribution is -0.270. The van der Waals surface area contributed by atoms with Crippen LogP contribution >= 0.6 is 15.6 Å². The van der Waals surface area contributed by atoms with Crippen molar-refractivity contribution in [3.8, 4) is 0 Å². The van der Waals surface area contributed by atoms with Gasteiger partial charge in [-0.1, -0.05) is 12.8 Å². The van der Waals surface area contributed by atoms with E-state index in [4.69, 9.17) is 56.0 Å². The lowest BCUT2D eigenvalue weighted by Crippen LogP contribution is -2.64. The largest absolute Gasteiger partial charge is 0.472 e. The Labute approximate surface area is 472 Å². The van der Waals surface area contributed by atoms with Crippen LogP contribution in [0.1, 0.15) is 99.8 Å². The van der Waals surface area contributed by atoms with Crippen molar-refractivity contribution in [2.45, 2.75) is 191 Å². The van der Waals surface area contributed by atoms with E-state index in [9.17, 15) is 73.8 Å². The Hall–Kier alpha value is -2.50. The predicted octanol–water partition coefficient (Wildman–Crippen LogP) is -2.10. The van der Waals surface area contributed by atoms with Crippen LogP contribution in [0.25, 0.3) is 0 Å². The number of rotatable bonds is 43. The molecule has 2 aliphatic rings. The molecule has 0 bridgehead atoms. The van der Waals surface area contributed by atoms with E-state index in [1.807, 2.05) is 0 Å². The van der Waals surface area contributed by atoms with Crippen molar-refractivity contribution in [2.24, 2.45) is 0 Å². The van der Waals surface area contributed by atoms with E-state index in [1.54, 1.807) is 20.8 Å². The number of hydrogen-bond donors (Lipinski definition) is 13. The number of amides is 4. The van der Waals surface area contributed by atoms with Gasteiger partial charge in [0.25, 0.3) is 0 Å². The highest BCUT2D eigenvalue weighted by Crippen LogP contribution is 2.45. The standard InChI is InChI=1S/C48H92N4O27P2/c1-30(55)34(51-38(58)14-10-8-12-16-71-46-40(49-32(3)56)44(62)42(60)36(26-53)77-46)29-76-80(64,65)74-24-22-69-20-18-68-19-21-70-23-25-75-81(66,67)79-31(2)35(28-73-48(5,6)7)52-39(59)15-11-9-13-17-72-47-41(50-33(4)57)45(63)43(61)37(27-54)78-47/h30-31,34-37,40-47,53-55,60-63H,8-29H2,1-7H3,(H,49,56)(H,50,57)(H,51,58)(H,52,59)(H,64,65)(H,66,67)/t30?,31?,34?,35?,36?,37?,40?,41?,42-,43-,44-,45-,46-,47-/m1/s1. The van der Waals surface area contributed by atoms with Gasteiger partial charge in [-0.2, -0.15) is 0 Å². The van der Waals surface area contributed by atoms with Crippen LogP contribution in [-0.4, -0.2) is 253 Å². The molecule has 0 radical (unpaired) electrons. The first-order valence-corrected chi connectivity index (χ1v) is 30.0. The van der Waals surface area contributed by atoms with Crippen LogP contribution in [0.3, 0.4) is 0 Å². The molecule has 0 aliphatic carbocycles. The number of aliphatic hydroxyl groups excluding tert-OH is 7. The Morgan fingerprint density at radius 1 is 0.556 bits per heavy atom. The number of ether oxygens (including phenoxy) is 8. The summed E-state index contributed by atoms with van der Waals surface area (Å²) in [5, 5.41) is 80.6. The Morgan fingerprint density at radius 2 is 0.963 bits per heavy atom. The van der Waals surface area contributed by atoms with Gasteiger partial charge in [-0.05, 0) is 60.3 Å². The summed E-state index contributed by atoms with van der Waals surface area (Å²) in [5.74, 6) is -1.81. The van der Waals surface area contributed by atoms with Crippen LogP contribution in [0.15, 0.2) is 0 Å². The number of carbonyl (C=O) groups is 4. The molecular formula is C48H92N4O27P2. The smallest absolute Gasteiger partial charge is 0.394 e. The Kier molecular flexibility index (Phi) is 36.1. The number of nitrogens with one attached hydrogen (secondary N) is 4. The fraction of sp³-hybridized carbons (Fsp3) is 0.917. The molecule has 16 atom stereocenters. The molecule has 0 aromatic heterocycles. The highest BCUT2D eigenvalue weighted by molar-refractivity contribution is 7.47. The van der Waals surface area contributed by atoms with Gasteiger partial charge in [0.05, 0.1) is 109 Å². The van der Waals surface area contributed by atoms with Crippen molar-refractivity contribution < 1.29 is 130 Å². The number of aliphatic hydroxyl groups is 7. The third-order valence-corrected chi connectivity index (χ3v) is 14.2. The maximum absolute atomic E-state index is 13.0. The van der Waals surface area contributed by atoms with Gasteiger partial charge in [0.15, 0.2) is 12.6 Å². The molecule has 0 aromatic rings. The summed E-state index contributed by atoms with van der Waals surface area (Å²) in [6, 6.07) is -4.05. The SMILES string of the molecule is CC(=O)NC1[C@H](OCCCCCC(=O)NC(COP(=O)(O)OCCOCCOCCOCCOP(=O)(O)OC(C)C(COC(C)(C)C)NC(=O)CCCCCO[C@@H]2OC(CO)[C@@H](O)[C@H](O)C2NC(C)=O)C(C)O)OC(CO)[C@@H](O)[C@@H]1O. The van der Waals surface area contributed by atoms with Gasteiger partial charge in [0.1, 0.15) is 48.7 Å². The molecular weight excluding hydrogens is 1130 g/mol. The second-order valence-electron chi connectivity index (χ2n) is 20.3. The zero-order chi connectivity index (χ0) is 60.8. The first-order chi connectivity index (χ1) is 38.1. The molecule has 2 aliphatic heterocycles. The van der Waals surface area contributed by atoms with Crippen molar-refractivity contribution in [2.75, 3.05) is 92.5 Å². The fourth-order valence-corrected chi connectivity index (χ4v) is 9.40. The number of phosphoric acid groups is 2. The van der Waals surface area contributed by atoms with E-state index in [0.717, 1.165) is 0 Å². The van der Waals surface area contributed by atoms with Crippen molar-refractivity contribution in [1.29, 1.82) is 0 Å². The lowest BCUT2D eigenvalue weighted by Gasteiger charge is -2.42. The zero-order valence-corrected chi connectivity index (χ0v) is 49.2. The molecule has 81 heavy (non-hydrogen) atoms. The molecule has 0 spiro atoms. The molecule has 0 saturated carbocycles. The van der Waals surface area contributed by atoms with Gasteiger partial charge >= 0.3 is 15.6 Å². The van der Waals surface area contributed by atoms with Crippen LogP contribution in [0.4, 0.5) is 0 Å². The Morgan fingerprint density at radius 3 is 1.36 bits per heavy atom. The minimum absolute atomic E-state index is 0.0330. The van der Waals surface area contributed by atoms with Gasteiger partial charge in [0, 0.05) is 39.9 Å². The molecule has 13 N–H and O–H groups in total. The molecule has 2 heterocycles. The average Bonchev–Trinajstić information content (AvgIpc) is 3.41. The molecule has 2 rings (SSSR count). The number of unbranched alkanes of at least 4 members (excludes halogenated alkanes) is 4. The van der Waals surface area contributed by atoms with E-state index in [2.05, 4.69) is 21.3 Å². The van der Waals surface area contributed by atoms with Crippen molar-refractivity contribution in [1.82, 2.24) is 21.3 Å². The second kappa shape index (κ2) is 39.2. The summed E-state index contributed by atoms with van der Waals surface area (Å²) >= 11 is 0. The minimum atomic E-state index is -4.63. The number of phosphoric ester groups is 2.